The van der Waals surface area contributed by atoms with Crippen molar-refractivity contribution < 1.29 is 9.32 Å². The van der Waals surface area contributed by atoms with E-state index in [2.05, 4.69) is 30.2 Å². The van der Waals surface area contributed by atoms with Crippen molar-refractivity contribution in [3.63, 3.8) is 0 Å². The lowest BCUT2D eigenvalue weighted by Gasteiger charge is -2.33. The average molecular weight is 387 g/mol. The number of hydrogen-bond acceptors (Lipinski definition) is 7. The van der Waals surface area contributed by atoms with Crippen LogP contribution in [0.3, 0.4) is 0 Å². The summed E-state index contributed by atoms with van der Waals surface area (Å²) >= 11 is 0. The third-order valence-corrected chi connectivity index (χ3v) is 5.91. The van der Waals surface area contributed by atoms with Crippen LogP contribution in [0.2, 0.25) is 0 Å². The Morgan fingerprint density at radius 1 is 1.21 bits per heavy atom. The van der Waals surface area contributed by atoms with Crippen molar-refractivity contribution in [2.75, 3.05) is 44.2 Å². The maximum absolute atomic E-state index is 12.7. The highest BCUT2D eigenvalue weighted by Crippen LogP contribution is 2.29. The lowest BCUT2D eigenvalue weighted by molar-refractivity contribution is -0.125. The summed E-state index contributed by atoms with van der Waals surface area (Å²) < 4.78 is 5.26. The molecule has 2 fully saturated rings. The summed E-state index contributed by atoms with van der Waals surface area (Å²) in [6, 6.07) is 0. The summed E-state index contributed by atoms with van der Waals surface area (Å²) in [5.41, 5.74) is 1.29. The number of nitrogens with zero attached hydrogens (tertiary/aromatic N) is 5. The molecule has 8 heteroatoms. The van der Waals surface area contributed by atoms with Gasteiger partial charge in [-0.15, -0.1) is 0 Å². The maximum atomic E-state index is 12.7. The lowest BCUT2D eigenvalue weighted by atomic mass is 9.97. The third-order valence-electron chi connectivity index (χ3n) is 5.91. The molecule has 152 valence electrons. The zero-order chi connectivity index (χ0) is 19.3. The molecule has 1 atom stereocenters. The number of nitrogens with one attached hydrogen (secondary N) is 1. The smallest absolute Gasteiger partial charge is 0.263 e. The first-order valence-electron chi connectivity index (χ1n) is 10.5. The minimum absolute atomic E-state index is 0.00563. The number of rotatable bonds is 6. The number of likely N-dealkylation sites (tertiary alicyclic amines) is 1. The van der Waals surface area contributed by atoms with E-state index >= 15 is 0 Å². The molecule has 28 heavy (non-hydrogen) atoms. The van der Waals surface area contributed by atoms with Gasteiger partial charge in [-0.25, -0.2) is 4.98 Å². The summed E-state index contributed by atoms with van der Waals surface area (Å²) in [5, 5.41) is 8.01. The zero-order valence-electron chi connectivity index (χ0n) is 16.7. The van der Waals surface area contributed by atoms with Crippen molar-refractivity contribution in [2.24, 2.45) is 5.92 Å². The standard InChI is InChI=1S/C20H30N6O2/c1-15-17-18(22-14-23-20(17)28-24-15)26-12-5-7-16(13-26)19(27)21-8-6-11-25-9-3-2-4-10-25/h14,16H,2-13H2,1H3,(H,21,27)/t16-/m1/s1. The van der Waals surface area contributed by atoms with E-state index in [1.807, 2.05) is 6.92 Å². The Hall–Kier alpha value is -2.22. The van der Waals surface area contributed by atoms with Crippen molar-refractivity contribution >= 4 is 22.8 Å². The molecule has 4 heterocycles. The van der Waals surface area contributed by atoms with Crippen molar-refractivity contribution in [1.82, 2.24) is 25.3 Å². The normalized spacial score (nSPS) is 21.2. The fraction of sp³-hybridized carbons (Fsp3) is 0.700. The predicted molar refractivity (Wildman–Crippen MR) is 107 cm³/mol. The number of aromatic nitrogens is 3. The van der Waals surface area contributed by atoms with E-state index in [-0.39, 0.29) is 11.8 Å². The third kappa shape index (κ3) is 4.27. The quantitative estimate of drug-likeness (QED) is 0.761. The molecule has 0 bridgehead atoms. The number of fused-ring (bicyclic) bond motifs is 1. The van der Waals surface area contributed by atoms with Crippen molar-refractivity contribution in [1.29, 1.82) is 0 Å². The van der Waals surface area contributed by atoms with Crippen molar-refractivity contribution in [3.8, 4) is 0 Å². The van der Waals surface area contributed by atoms with Crippen LogP contribution in [-0.2, 0) is 4.79 Å². The Morgan fingerprint density at radius 2 is 2.07 bits per heavy atom. The van der Waals surface area contributed by atoms with E-state index in [0.29, 0.717) is 12.3 Å². The fourth-order valence-electron chi connectivity index (χ4n) is 4.37. The molecule has 0 unspecified atom stereocenters. The van der Waals surface area contributed by atoms with Gasteiger partial charge < -0.3 is 19.6 Å². The molecule has 0 aromatic carbocycles. The number of anilines is 1. The van der Waals surface area contributed by atoms with Gasteiger partial charge in [-0.1, -0.05) is 11.6 Å². The van der Waals surface area contributed by atoms with Crippen LogP contribution in [-0.4, -0.2) is 65.2 Å². The molecule has 2 aromatic heterocycles. The van der Waals surface area contributed by atoms with E-state index in [1.54, 1.807) is 0 Å². The molecule has 1 amide bonds. The van der Waals surface area contributed by atoms with E-state index in [0.717, 1.165) is 55.8 Å². The van der Waals surface area contributed by atoms with Gasteiger partial charge in [-0.05, 0) is 58.7 Å². The maximum Gasteiger partial charge on any atom is 0.263 e. The van der Waals surface area contributed by atoms with E-state index < -0.39 is 0 Å². The molecule has 2 aliphatic rings. The Kier molecular flexibility index (Phi) is 6.04. The molecule has 2 saturated heterocycles. The molecule has 0 saturated carbocycles. The van der Waals surface area contributed by atoms with Gasteiger partial charge in [-0.3, -0.25) is 4.79 Å². The molecule has 0 radical (unpaired) electrons. The van der Waals surface area contributed by atoms with Crippen LogP contribution < -0.4 is 10.2 Å². The molecule has 8 nitrogen and oxygen atoms in total. The largest absolute Gasteiger partial charge is 0.356 e. The summed E-state index contributed by atoms with van der Waals surface area (Å²) in [6.45, 7) is 7.72. The van der Waals surface area contributed by atoms with Gasteiger partial charge in [-0.2, -0.15) is 4.98 Å². The van der Waals surface area contributed by atoms with Crippen LogP contribution in [0.25, 0.3) is 11.1 Å². The molecule has 0 aliphatic carbocycles. The van der Waals surface area contributed by atoms with E-state index in [9.17, 15) is 4.79 Å². The predicted octanol–water partition coefficient (Wildman–Crippen LogP) is 2.13. The second kappa shape index (κ2) is 8.86. The Bertz CT molecular complexity index is 801. The number of piperidine rings is 2. The minimum Gasteiger partial charge on any atom is -0.356 e. The van der Waals surface area contributed by atoms with E-state index in [1.165, 1.54) is 38.7 Å². The average Bonchev–Trinajstić information content (AvgIpc) is 3.13. The second-order valence-corrected chi connectivity index (χ2v) is 7.98. The highest BCUT2D eigenvalue weighted by molar-refractivity contribution is 5.88. The fourth-order valence-corrected chi connectivity index (χ4v) is 4.37. The Balaban J connectivity index is 1.30. The molecule has 4 rings (SSSR count). The summed E-state index contributed by atoms with van der Waals surface area (Å²) in [4.78, 5) is 26.0. The number of aryl methyl sites for hydroxylation is 1. The minimum atomic E-state index is -0.00563. The first kappa shape index (κ1) is 19.1. The van der Waals surface area contributed by atoms with Gasteiger partial charge in [0.05, 0.1) is 11.6 Å². The van der Waals surface area contributed by atoms with Crippen LogP contribution in [0.4, 0.5) is 5.82 Å². The van der Waals surface area contributed by atoms with Gasteiger partial charge in [0.15, 0.2) is 0 Å². The number of amides is 1. The summed E-state index contributed by atoms with van der Waals surface area (Å²) in [7, 11) is 0. The summed E-state index contributed by atoms with van der Waals surface area (Å²) in [5.74, 6) is 0.982. The van der Waals surface area contributed by atoms with Crippen molar-refractivity contribution in [2.45, 2.75) is 45.4 Å². The first-order chi connectivity index (χ1) is 13.7. The van der Waals surface area contributed by atoms with Crippen LogP contribution in [0.15, 0.2) is 10.9 Å². The zero-order valence-corrected chi connectivity index (χ0v) is 16.7. The van der Waals surface area contributed by atoms with Gasteiger partial charge in [0.1, 0.15) is 17.5 Å². The van der Waals surface area contributed by atoms with E-state index in [4.69, 9.17) is 4.52 Å². The molecule has 0 spiro atoms. The Labute approximate surface area is 165 Å². The highest BCUT2D eigenvalue weighted by Gasteiger charge is 2.28. The highest BCUT2D eigenvalue weighted by atomic mass is 16.5. The van der Waals surface area contributed by atoms with Crippen LogP contribution in [0.5, 0.6) is 0 Å². The second-order valence-electron chi connectivity index (χ2n) is 7.98. The van der Waals surface area contributed by atoms with Crippen LogP contribution in [0.1, 0.15) is 44.2 Å². The topological polar surface area (TPSA) is 87.4 Å². The number of carbonyl (C=O) groups is 1. The first-order valence-corrected chi connectivity index (χ1v) is 10.5. The van der Waals surface area contributed by atoms with Gasteiger partial charge in [0.2, 0.25) is 5.91 Å². The number of carbonyl (C=O) groups excluding carboxylic acids is 1. The monoisotopic (exact) mass is 386 g/mol. The van der Waals surface area contributed by atoms with Crippen molar-refractivity contribution in [3.05, 3.63) is 12.0 Å². The number of hydrogen-bond donors (Lipinski definition) is 1. The summed E-state index contributed by atoms with van der Waals surface area (Å²) in [6.07, 6.45) is 8.41. The van der Waals surface area contributed by atoms with Crippen LogP contribution >= 0.6 is 0 Å². The molecule has 2 aromatic rings. The Morgan fingerprint density at radius 3 is 2.93 bits per heavy atom. The van der Waals surface area contributed by atoms with Crippen LogP contribution in [0, 0.1) is 12.8 Å². The SMILES string of the molecule is Cc1noc2ncnc(N3CCC[C@@H](C(=O)NCCCN4CCCCC4)C3)c12. The van der Waals surface area contributed by atoms with Gasteiger partial charge >= 0.3 is 0 Å². The molecule has 1 N–H and O–H groups in total. The molecular weight excluding hydrogens is 356 g/mol. The van der Waals surface area contributed by atoms with Gasteiger partial charge in [0, 0.05) is 19.6 Å². The van der Waals surface area contributed by atoms with Gasteiger partial charge in [0.25, 0.3) is 5.71 Å². The lowest BCUT2D eigenvalue weighted by Crippen LogP contribution is -2.44. The molecule has 2 aliphatic heterocycles. The molecular formula is C20H30N6O2.